The van der Waals surface area contributed by atoms with Gasteiger partial charge in [0.05, 0.1) is 0 Å². The van der Waals surface area contributed by atoms with Crippen molar-refractivity contribution in [3.8, 4) is 11.1 Å². The lowest BCUT2D eigenvalue weighted by atomic mass is 10.1. The van der Waals surface area contributed by atoms with Crippen LogP contribution in [0, 0.1) is 0 Å². The van der Waals surface area contributed by atoms with E-state index in [2.05, 4.69) is 35.1 Å². The minimum absolute atomic E-state index is 0.809. The Morgan fingerprint density at radius 1 is 1.33 bits per heavy atom. The van der Waals surface area contributed by atoms with Gasteiger partial charge in [0.2, 0.25) is 0 Å². The van der Waals surface area contributed by atoms with Gasteiger partial charge in [-0.2, -0.15) is 0 Å². The summed E-state index contributed by atoms with van der Waals surface area (Å²) in [5, 5.41) is 0. The molecule has 2 N–H and O–H groups in total. The maximum atomic E-state index is 5.89. The molecule has 2 nitrogen and oxygen atoms in total. The first-order chi connectivity index (χ1) is 7.22. The van der Waals surface area contributed by atoms with Gasteiger partial charge in [0, 0.05) is 22.8 Å². The van der Waals surface area contributed by atoms with Crippen LogP contribution in [-0.2, 0) is 6.54 Å². The number of benzene rings is 1. The van der Waals surface area contributed by atoms with Gasteiger partial charge in [0.1, 0.15) is 5.82 Å². The summed E-state index contributed by atoms with van der Waals surface area (Å²) in [5.41, 5.74) is 8.22. The summed E-state index contributed by atoms with van der Waals surface area (Å²) < 4.78 is 3.13. The second-order valence-electron chi connectivity index (χ2n) is 3.42. The van der Waals surface area contributed by atoms with Crippen LogP contribution in [0.4, 0.5) is 5.82 Å². The first-order valence-electron chi connectivity index (χ1n) is 4.93. The number of hydrogen-bond acceptors (Lipinski definition) is 1. The molecule has 0 amide bonds. The second-order valence-corrected chi connectivity index (χ2v) is 4.27. The third-order valence-electron chi connectivity index (χ3n) is 2.46. The maximum Gasteiger partial charge on any atom is 0.103 e. The molecule has 0 unspecified atom stereocenters. The van der Waals surface area contributed by atoms with Crippen LogP contribution >= 0.6 is 15.9 Å². The van der Waals surface area contributed by atoms with Gasteiger partial charge in [-0.3, -0.25) is 0 Å². The molecule has 3 heteroatoms. The van der Waals surface area contributed by atoms with E-state index in [0.717, 1.165) is 22.4 Å². The highest BCUT2D eigenvalue weighted by Gasteiger charge is 2.06. The average Bonchev–Trinajstić information content (AvgIpc) is 2.60. The molecule has 0 aliphatic heterocycles. The lowest BCUT2D eigenvalue weighted by Crippen LogP contribution is -1.97. The van der Waals surface area contributed by atoms with E-state index in [0.29, 0.717) is 0 Å². The van der Waals surface area contributed by atoms with Crippen molar-refractivity contribution in [2.24, 2.45) is 0 Å². The number of nitrogens with two attached hydrogens (primary N) is 1. The predicted octanol–water partition coefficient (Wildman–Crippen LogP) is 3.52. The first kappa shape index (κ1) is 10.3. The largest absolute Gasteiger partial charge is 0.385 e. The monoisotopic (exact) mass is 264 g/mol. The van der Waals surface area contributed by atoms with Crippen molar-refractivity contribution in [3.63, 3.8) is 0 Å². The molecule has 0 aliphatic rings. The highest BCUT2D eigenvalue weighted by atomic mass is 79.9. The number of aromatic nitrogens is 1. The van der Waals surface area contributed by atoms with E-state index in [-0.39, 0.29) is 0 Å². The molecule has 0 spiro atoms. The van der Waals surface area contributed by atoms with Gasteiger partial charge in [-0.1, -0.05) is 34.1 Å². The summed E-state index contributed by atoms with van der Waals surface area (Å²) in [6, 6.07) is 10.2. The van der Waals surface area contributed by atoms with Crippen molar-refractivity contribution in [2.75, 3.05) is 5.73 Å². The number of nitrogen functional groups attached to an aromatic ring is 1. The fourth-order valence-corrected chi connectivity index (χ4v) is 2.15. The summed E-state index contributed by atoms with van der Waals surface area (Å²) in [7, 11) is 0. The molecule has 1 aromatic carbocycles. The predicted molar refractivity (Wildman–Crippen MR) is 67.7 cm³/mol. The quantitative estimate of drug-likeness (QED) is 0.884. The van der Waals surface area contributed by atoms with Gasteiger partial charge in [-0.05, 0) is 24.6 Å². The molecule has 0 aliphatic carbocycles. The molecule has 0 fully saturated rings. The van der Waals surface area contributed by atoms with E-state index in [1.165, 1.54) is 5.56 Å². The smallest absolute Gasteiger partial charge is 0.103 e. The highest BCUT2D eigenvalue weighted by Crippen LogP contribution is 2.29. The zero-order chi connectivity index (χ0) is 10.8. The molecule has 0 saturated carbocycles. The minimum Gasteiger partial charge on any atom is -0.385 e. The van der Waals surface area contributed by atoms with Crippen LogP contribution in [0.3, 0.4) is 0 Å². The summed E-state index contributed by atoms with van der Waals surface area (Å²) in [6.45, 7) is 2.98. The SMILES string of the molecule is CCn1cc(-c2ccccc2Br)cc1N. The van der Waals surface area contributed by atoms with Crippen molar-refractivity contribution in [3.05, 3.63) is 41.0 Å². The molecule has 78 valence electrons. The normalized spacial score (nSPS) is 10.5. The van der Waals surface area contributed by atoms with Crippen molar-refractivity contribution in [2.45, 2.75) is 13.5 Å². The number of anilines is 1. The number of rotatable bonds is 2. The first-order valence-corrected chi connectivity index (χ1v) is 5.72. The standard InChI is InChI=1S/C12H13BrN2/c1-2-15-8-9(7-12(15)14)10-5-3-4-6-11(10)13/h3-8H,2,14H2,1H3. The lowest BCUT2D eigenvalue weighted by Gasteiger charge is -2.00. The Morgan fingerprint density at radius 3 is 2.67 bits per heavy atom. The van der Waals surface area contributed by atoms with E-state index in [4.69, 9.17) is 5.73 Å². The fourth-order valence-electron chi connectivity index (χ4n) is 1.64. The second kappa shape index (κ2) is 4.11. The Balaban J connectivity index is 2.50. The lowest BCUT2D eigenvalue weighted by molar-refractivity contribution is 0.780. The summed E-state index contributed by atoms with van der Waals surface area (Å²) in [4.78, 5) is 0. The number of nitrogens with zero attached hydrogens (tertiary/aromatic N) is 1. The molecule has 0 bridgehead atoms. The van der Waals surface area contributed by atoms with Gasteiger partial charge in [-0.15, -0.1) is 0 Å². The molecular weight excluding hydrogens is 252 g/mol. The topological polar surface area (TPSA) is 30.9 Å². The van der Waals surface area contributed by atoms with Gasteiger partial charge in [-0.25, -0.2) is 0 Å². The Labute approximate surface area is 97.8 Å². The summed E-state index contributed by atoms with van der Waals surface area (Å²) in [6.07, 6.45) is 2.08. The molecule has 2 rings (SSSR count). The maximum absolute atomic E-state index is 5.89. The van der Waals surface area contributed by atoms with E-state index in [9.17, 15) is 0 Å². The number of halogens is 1. The minimum atomic E-state index is 0.809. The zero-order valence-electron chi connectivity index (χ0n) is 8.57. The van der Waals surface area contributed by atoms with Gasteiger partial charge in [0.25, 0.3) is 0 Å². The Kier molecular flexibility index (Phi) is 2.82. The molecular formula is C12H13BrN2. The van der Waals surface area contributed by atoms with Crippen molar-refractivity contribution in [1.82, 2.24) is 4.57 Å². The van der Waals surface area contributed by atoms with Crippen molar-refractivity contribution < 1.29 is 0 Å². The Hall–Kier alpha value is -1.22. The summed E-state index contributed by atoms with van der Waals surface area (Å²) >= 11 is 3.54. The van der Waals surface area contributed by atoms with E-state index in [1.807, 2.05) is 28.8 Å². The number of aryl methyl sites for hydroxylation is 1. The molecule has 1 heterocycles. The zero-order valence-corrected chi connectivity index (χ0v) is 10.2. The van der Waals surface area contributed by atoms with Gasteiger partial charge in [0.15, 0.2) is 0 Å². The van der Waals surface area contributed by atoms with Crippen LogP contribution < -0.4 is 5.73 Å². The van der Waals surface area contributed by atoms with Crippen LogP contribution in [0.15, 0.2) is 41.0 Å². The van der Waals surface area contributed by atoms with Gasteiger partial charge >= 0.3 is 0 Å². The van der Waals surface area contributed by atoms with Crippen molar-refractivity contribution >= 4 is 21.7 Å². The van der Waals surface area contributed by atoms with Crippen LogP contribution in [-0.4, -0.2) is 4.57 Å². The van der Waals surface area contributed by atoms with Crippen LogP contribution in [0.5, 0.6) is 0 Å². The molecule has 1 aromatic heterocycles. The third kappa shape index (κ3) is 1.92. The average molecular weight is 265 g/mol. The van der Waals surface area contributed by atoms with Crippen LogP contribution in [0.1, 0.15) is 6.92 Å². The highest BCUT2D eigenvalue weighted by molar-refractivity contribution is 9.10. The van der Waals surface area contributed by atoms with E-state index >= 15 is 0 Å². The molecule has 2 aromatic rings. The number of hydrogen-bond donors (Lipinski definition) is 1. The summed E-state index contributed by atoms with van der Waals surface area (Å²) in [5.74, 6) is 0.809. The van der Waals surface area contributed by atoms with Crippen molar-refractivity contribution in [1.29, 1.82) is 0 Å². The van der Waals surface area contributed by atoms with Crippen LogP contribution in [0.2, 0.25) is 0 Å². The molecule has 0 radical (unpaired) electrons. The third-order valence-corrected chi connectivity index (χ3v) is 3.15. The van der Waals surface area contributed by atoms with Crippen LogP contribution in [0.25, 0.3) is 11.1 Å². The Bertz CT molecular complexity index is 474. The van der Waals surface area contributed by atoms with E-state index < -0.39 is 0 Å². The molecule has 0 saturated heterocycles. The van der Waals surface area contributed by atoms with E-state index in [1.54, 1.807) is 0 Å². The van der Waals surface area contributed by atoms with Gasteiger partial charge < -0.3 is 10.3 Å². The molecule has 0 atom stereocenters. The Morgan fingerprint density at radius 2 is 2.07 bits per heavy atom. The molecule has 15 heavy (non-hydrogen) atoms. The fraction of sp³-hybridized carbons (Fsp3) is 0.167.